The minimum Gasteiger partial charge on any atom is -0.377 e. The largest absolute Gasteiger partial charge is 0.377 e. The Morgan fingerprint density at radius 2 is 1.24 bits per heavy atom. The van der Waals surface area contributed by atoms with Crippen molar-refractivity contribution in [2.24, 2.45) is 0 Å². The monoisotopic (exact) mass is 278 g/mol. The highest BCUT2D eigenvalue weighted by Gasteiger charge is 2.33. The topological polar surface area (TPSA) is 86.7 Å². The predicted octanol–water partition coefficient (Wildman–Crippen LogP) is 0.692. The van der Waals surface area contributed by atoms with E-state index in [1.165, 1.54) is 0 Å². The summed E-state index contributed by atoms with van der Waals surface area (Å²) in [6.45, 7) is 3.21. The molecule has 8 heteroatoms. The molecule has 0 atom stereocenters. The van der Waals surface area contributed by atoms with E-state index in [9.17, 15) is 16.8 Å². The Labute approximate surface area is 99.4 Å². The van der Waals surface area contributed by atoms with Crippen LogP contribution in [0.4, 0.5) is 0 Å². The smallest absolute Gasteiger partial charge is 0.327 e. The first-order chi connectivity index (χ1) is 7.70. The fourth-order valence-corrected chi connectivity index (χ4v) is 4.17. The van der Waals surface area contributed by atoms with Crippen LogP contribution in [0.2, 0.25) is 0 Å². The lowest BCUT2D eigenvalue weighted by Crippen LogP contribution is -2.21. The average Bonchev–Trinajstić information content (AvgIpc) is 2.24. The molecule has 1 heterocycles. The molecule has 1 aliphatic rings. The molecule has 6 nitrogen and oxygen atoms in total. The lowest BCUT2D eigenvalue weighted by atomic mass is 10.1. The van der Waals surface area contributed by atoms with E-state index >= 15 is 0 Å². The molecule has 17 heavy (non-hydrogen) atoms. The van der Waals surface area contributed by atoms with Gasteiger partial charge < -0.3 is 8.37 Å². The molecular weight excluding hydrogens is 268 g/mol. The van der Waals surface area contributed by atoms with Crippen molar-refractivity contribution in [3.8, 4) is 11.5 Å². The van der Waals surface area contributed by atoms with Gasteiger partial charge in [0.1, 0.15) is 0 Å². The molecule has 0 saturated heterocycles. The Bertz CT molecular complexity index is 613. The Hall–Kier alpha value is -1.28. The zero-order valence-corrected chi connectivity index (χ0v) is 10.8. The SMILES string of the molecule is Cc1ccc(C)c2c1OS(=O)(=O)CS(=O)(=O)O2. The van der Waals surface area contributed by atoms with E-state index < -0.39 is 25.3 Å². The molecule has 1 aromatic rings. The number of hydrogen-bond donors (Lipinski definition) is 0. The van der Waals surface area contributed by atoms with Gasteiger partial charge in [0, 0.05) is 0 Å². The van der Waals surface area contributed by atoms with Crippen molar-refractivity contribution in [3.63, 3.8) is 0 Å². The van der Waals surface area contributed by atoms with E-state index in [1.807, 2.05) is 0 Å². The van der Waals surface area contributed by atoms with Gasteiger partial charge in [0.05, 0.1) is 0 Å². The molecule has 0 spiro atoms. The molecule has 1 aliphatic heterocycles. The Morgan fingerprint density at radius 1 is 0.882 bits per heavy atom. The number of rotatable bonds is 0. The molecule has 0 aromatic heterocycles. The van der Waals surface area contributed by atoms with Crippen LogP contribution in [0.5, 0.6) is 11.5 Å². The van der Waals surface area contributed by atoms with Crippen molar-refractivity contribution >= 4 is 20.2 Å². The molecule has 0 saturated carbocycles. The van der Waals surface area contributed by atoms with E-state index in [2.05, 4.69) is 0 Å². The van der Waals surface area contributed by atoms with Crippen LogP contribution in [0.1, 0.15) is 11.1 Å². The fraction of sp³-hybridized carbons (Fsp3) is 0.333. The van der Waals surface area contributed by atoms with Crippen LogP contribution in [0, 0.1) is 13.8 Å². The summed E-state index contributed by atoms with van der Waals surface area (Å²) in [6.07, 6.45) is 0. The molecule has 0 amide bonds. The maximum absolute atomic E-state index is 11.4. The third-order valence-corrected chi connectivity index (χ3v) is 5.37. The molecule has 0 fully saturated rings. The summed E-state index contributed by atoms with van der Waals surface area (Å²) in [7, 11) is -8.38. The van der Waals surface area contributed by atoms with Gasteiger partial charge in [-0.15, -0.1) is 0 Å². The molecule has 0 radical (unpaired) electrons. The van der Waals surface area contributed by atoms with Crippen LogP contribution in [0.3, 0.4) is 0 Å². The van der Waals surface area contributed by atoms with Gasteiger partial charge in [0.15, 0.2) is 11.5 Å². The zero-order valence-electron chi connectivity index (χ0n) is 9.13. The minimum absolute atomic E-state index is 0.0638. The van der Waals surface area contributed by atoms with Crippen molar-refractivity contribution in [1.82, 2.24) is 0 Å². The highest BCUT2D eigenvalue weighted by molar-refractivity contribution is 8.04. The molecule has 0 aliphatic carbocycles. The first-order valence-corrected chi connectivity index (χ1v) is 7.80. The molecule has 0 unspecified atom stereocenters. The van der Waals surface area contributed by atoms with Crippen molar-refractivity contribution < 1.29 is 25.2 Å². The predicted molar refractivity (Wildman–Crippen MR) is 59.9 cm³/mol. The first kappa shape index (κ1) is 12.2. The Morgan fingerprint density at radius 3 is 1.59 bits per heavy atom. The third-order valence-electron chi connectivity index (χ3n) is 2.22. The average molecular weight is 278 g/mol. The highest BCUT2D eigenvalue weighted by Crippen LogP contribution is 2.38. The van der Waals surface area contributed by atoms with Gasteiger partial charge in [0.25, 0.3) is 0 Å². The number of benzene rings is 1. The second-order valence-corrected chi connectivity index (χ2v) is 7.26. The van der Waals surface area contributed by atoms with Crippen molar-refractivity contribution in [2.75, 3.05) is 5.08 Å². The summed E-state index contributed by atoms with van der Waals surface area (Å²) < 4.78 is 55.2. The zero-order chi connectivity index (χ0) is 12.8. The van der Waals surface area contributed by atoms with Crippen LogP contribution >= 0.6 is 0 Å². The molecule has 2 rings (SSSR count). The van der Waals surface area contributed by atoms with Gasteiger partial charge in [0.2, 0.25) is 5.08 Å². The maximum atomic E-state index is 11.4. The number of hydrogen-bond acceptors (Lipinski definition) is 6. The van der Waals surface area contributed by atoms with E-state index in [-0.39, 0.29) is 11.5 Å². The molecule has 0 bridgehead atoms. The summed E-state index contributed by atoms with van der Waals surface area (Å²) in [5.41, 5.74) is 0.984. The number of fused-ring (bicyclic) bond motifs is 1. The standard InChI is InChI=1S/C9H10O6S2/c1-6-3-4-7(2)9-8(6)14-16(10,11)5-17(12,13)15-9/h3-4H,5H2,1-2H3. The lowest BCUT2D eigenvalue weighted by molar-refractivity contribution is 0.468. The van der Waals surface area contributed by atoms with Crippen molar-refractivity contribution in [2.45, 2.75) is 13.8 Å². The summed E-state index contributed by atoms with van der Waals surface area (Å²) >= 11 is 0. The third kappa shape index (κ3) is 2.37. The van der Waals surface area contributed by atoms with Crippen LogP contribution in [-0.2, 0) is 20.2 Å². The van der Waals surface area contributed by atoms with Crippen LogP contribution < -0.4 is 8.37 Å². The molecular formula is C9H10O6S2. The van der Waals surface area contributed by atoms with Crippen LogP contribution in [-0.4, -0.2) is 21.9 Å². The normalized spacial score (nSPS) is 20.6. The van der Waals surface area contributed by atoms with Gasteiger partial charge in [-0.2, -0.15) is 16.8 Å². The van der Waals surface area contributed by atoms with Crippen LogP contribution in [0.25, 0.3) is 0 Å². The minimum atomic E-state index is -4.19. The second kappa shape index (κ2) is 3.61. The molecule has 1 aromatic carbocycles. The lowest BCUT2D eigenvalue weighted by Gasteiger charge is -2.09. The van der Waals surface area contributed by atoms with Gasteiger partial charge in [-0.25, -0.2) is 0 Å². The van der Waals surface area contributed by atoms with E-state index in [1.54, 1.807) is 26.0 Å². The van der Waals surface area contributed by atoms with Gasteiger partial charge in [-0.1, -0.05) is 12.1 Å². The number of aryl methyl sites for hydroxylation is 2. The Kier molecular flexibility index (Phi) is 2.58. The van der Waals surface area contributed by atoms with E-state index in [0.717, 1.165) is 0 Å². The fourth-order valence-electron chi connectivity index (χ4n) is 1.45. The van der Waals surface area contributed by atoms with Gasteiger partial charge in [-0.3, -0.25) is 0 Å². The quantitative estimate of drug-likeness (QED) is 0.649. The van der Waals surface area contributed by atoms with E-state index in [0.29, 0.717) is 11.1 Å². The molecule has 94 valence electrons. The van der Waals surface area contributed by atoms with Crippen molar-refractivity contribution in [3.05, 3.63) is 23.3 Å². The van der Waals surface area contributed by atoms with Crippen LogP contribution in [0.15, 0.2) is 12.1 Å². The maximum Gasteiger partial charge on any atom is 0.327 e. The summed E-state index contributed by atoms with van der Waals surface area (Å²) in [5.74, 6) is -0.128. The molecule has 0 N–H and O–H groups in total. The summed E-state index contributed by atoms with van der Waals surface area (Å²) in [5, 5.41) is -1.19. The van der Waals surface area contributed by atoms with E-state index in [4.69, 9.17) is 8.37 Å². The second-order valence-electron chi connectivity index (χ2n) is 3.76. The summed E-state index contributed by atoms with van der Waals surface area (Å²) in [4.78, 5) is 0. The highest BCUT2D eigenvalue weighted by atomic mass is 32.3. The first-order valence-electron chi connectivity index (χ1n) is 4.65. The van der Waals surface area contributed by atoms with Gasteiger partial charge >= 0.3 is 20.2 Å². The Balaban J connectivity index is 2.76. The summed E-state index contributed by atoms with van der Waals surface area (Å²) in [6, 6.07) is 3.26. The van der Waals surface area contributed by atoms with Crippen molar-refractivity contribution in [1.29, 1.82) is 0 Å². The van der Waals surface area contributed by atoms with Gasteiger partial charge in [-0.05, 0) is 25.0 Å².